The maximum atomic E-state index is 12.7. The molecule has 2 heterocycles. The Balaban J connectivity index is 1.82. The monoisotopic (exact) mass is 299 g/mol. The zero-order valence-corrected chi connectivity index (χ0v) is 13.0. The summed E-state index contributed by atoms with van der Waals surface area (Å²) in [6.45, 7) is 5.45. The molecule has 0 bridgehead atoms. The Labute approximate surface area is 130 Å². The molecule has 5 heteroatoms. The minimum atomic E-state index is -0.0880. The van der Waals surface area contributed by atoms with Gasteiger partial charge in [-0.05, 0) is 24.9 Å². The molecule has 1 fully saturated rings. The Hall–Kier alpha value is -2.14. The van der Waals surface area contributed by atoms with E-state index in [9.17, 15) is 4.79 Å². The molecular formula is C17H21N3O2. The fourth-order valence-electron chi connectivity index (χ4n) is 3.23. The van der Waals surface area contributed by atoms with E-state index >= 15 is 0 Å². The summed E-state index contributed by atoms with van der Waals surface area (Å²) >= 11 is 0. The molecule has 2 N–H and O–H groups in total. The van der Waals surface area contributed by atoms with Gasteiger partial charge in [-0.25, -0.2) is 4.98 Å². The highest BCUT2D eigenvalue weighted by Crippen LogP contribution is 2.33. The number of amides is 1. The first-order chi connectivity index (χ1) is 10.6. The minimum absolute atomic E-state index is 0.0880. The van der Waals surface area contributed by atoms with Gasteiger partial charge >= 0.3 is 0 Å². The molecule has 0 radical (unpaired) electrons. The van der Waals surface area contributed by atoms with Crippen LogP contribution in [0, 0.1) is 19.8 Å². The Bertz CT molecular complexity index is 666. The van der Waals surface area contributed by atoms with E-state index in [2.05, 4.69) is 17.1 Å². The summed E-state index contributed by atoms with van der Waals surface area (Å²) in [5, 5.41) is 0. The Kier molecular flexibility index (Phi) is 3.98. The van der Waals surface area contributed by atoms with Crippen LogP contribution in [0.15, 0.2) is 34.7 Å². The van der Waals surface area contributed by atoms with E-state index in [-0.39, 0.29) is 17.7 Å². The van der Waals surface area contributed by atoms with Crippen LogP contribution in [0.1, 0.15) is 33.6 Å². The topological polar surface area (TPSA) is 72.4 Å². The molecule has 5 nitrogen and oxygen atoms in total. The van der Waals surface area contributed by atoms with Crippen LogP contribution >= 0.6 is 0 Å². The van der Waals surface area contributed by atoms with E-state index in [0.717, 1.165) is 0 Å². The molecule has 0 unspecified atom stereocenters. The molecule has 1 aromatic carbocycles. The van der Waals surface area contributed by atoms with E-state index in [0.29, 0.717) is 37.0 Å². The third-order valence-electron chi connectivity index (χ3n) is 4.36. The smallest absolute Gasteiger partial charge is 0.291 e. The number of benzene rings is 1. The highest BCUT2D eigenvalue weighted by atomic mass is 16.4. The van der Waals surface area contributed by atoms with E-state index in [1.54, 1.807) is 13.8 Å². The molecule has 22 heavy (non-hydrogen) atoms. The van der Waals surface area contributed by atoms with Crippen LogP contribution in [-0.4, -0.2) is 35.4 Å². The van der Waals surface area contributed by atoms with Gasteiger partial charge in [0.05, 0.1) is 5.69 Å². The summed E-state index contributed by atoms with van der Waals surface area (Å²) in [5.41, 5.74) is 7.81. The normalized spacial score (nSPS) is 21.3. The summed E-state index contributed by atoms with van der Waals surface area (Å²) in [4.78, 5) is 18.7. The summed E-state index contributed by atoms with van der Waals surface area (Å²) in [6, 6.07) is 10.3. The zero-order chi connectivity index (χ0) is 15.7. The van der Waals surface area contributed by atoms with Crippen LogP contribution in [0.3, 0.4) is 0 Å². The molecular weight excluding hydrogens is 278 g/mol. The van der Waals surface area contributed by atoms with Gasteiger partial charge in [0.15, 0.2) is 5.89 Å². The lowest BCUT2D eigenvalue weighted by molar-refractivity contribution is 0.0752. The van der Waals surface area contributed by atoms with Gasteiger partial charge in [-0.15, -0.1) is 0 Å². The van der Waals surface area contributed by atoms with E-state index < -0.39 is 0 Å². The van der Waals surface area contributed by atoms with Gasteiger partial charge in [0.25, 0.3) is 5.91 Å². The van der Waals surface area contributed by atoms with Crippen LogP contribution in [0.2, 0.25) is 0 Å². The van der Waals surface area contributed by atoms with Crippen molar-refractivity contribution in [2.45, 2.75) is 19.8 Å². The molecule has 0 spiro atoms. The van der Waals surface area contributed by atoms with Crippen molar-refractivity contribution in [1.29, 1.82) is 0 Å². The van der Waals surface area contributed by atoms with Crippen molar-refractivity contribution in [2.75, 3.05) is 19.6 Å². The van der Waals surface area contributed by atoms with Crippen molar-refractivity contribution >= 4 is 5.91 Å². The predicted molar refractivity (Wildman–Crippen MR) is 83.6 cm³/mol. The van der Waals surface area contributed by atoms with Crippen molar-refractivity contribution in [3.8, 4) is 0 Å². The Morgan fingerprint density at radius 2 is 2.05 bits per heavy atom. The summed E-state index contributed by atoms with van der Waals surface area (Å²) in [7, 11) is 0. The van der Waals surface area contributed by atoms with Gasteiger partial charge in [0.2, 0.25) is 5.76 Å². The number of carbonyl (C=O) groups is 1. The zero-order valence-electron chi connectivity index (χ0n) is 13.0. The number of aryl methyl sites for hydroxylation is 2. The first-order valence-corrected chi connectivity index (χ1v) is 7.58. The number of rotatable bonds is 3. The second kappa shape index (κ2) is 5.93. The van der Waals surface area contributed by atoms with Crippen molar-refractivity contribution in [1.82, 2.24) is 9.88 Å². The number of hydrogen-bond donors (Lipinski definition) is 1. The van der Waals surface area contributed by atoms with Gasteiger partial charge in [0, 0.05) is 25.9 Å². The van der Waals surface area contributed by atoms with Crippen LogP contribution in [0.5, 0.6) is 0 Å². The highest BCUT2D eigenvalue weighted by Gasteiger charge is 2.37. The van der Waals surface area contributed by atoms with E-state index in [1.165, 1.54) is 5.56 Å². The first-order valence-electron chi connectivity index (χ1n) is 7.58. The van der Waals surface area contributed by atoms with E-state index in [1.807, 2.05) is 23.1 Å². The number of hydrogen-bond acceptors (Lipinski definition) is 4. The molecule has 2 atom stereocenters. The van der Waals surface area contributed by atoms with E-state index in [4.69, 9.17) is 10.2 Å². The lowest BCUT2D eigenvalue weighted by Gasteiger charge is -2.16. The third-order valence-corrected chi connectivity index (χ3v) is 4.36. The number of oxazole rings is 1. The van der Waals surface area contributed by atoms with Crippen molar-refractivity contribution < 1.29 is 9.21 Å². The van der Waals surface area contributed by atoms with Crippen LogP contribution in [0.25, 0.3) is 0 Å². The van der Waals surface area contributed by atoms with Crippen LogP contribution in [-0.2, 0) is 0 Å². The first kappa shape index (κ1) is 14.8. The molecule has 1 aliphatic rings. The fourth-order valence-corrected chi connectivity index (χ4v) is 3.23. The second-order valence-electron chi connectivity index (χ2n) is 5.87. The van der Waals surface area contributed by atoms with Crippen molar-refractivity contribution in [3.63, 3.8) is 0 Å². The van der Waals surface area contributed by atoms with Gasteiger partial charge in [0.1, 0.15) is 0 Å². The van der Waals surface area contributed by atoms with Gasteiger partial charge < -0.3 is 15.1 Å². The van der Waals surface area contributed by atoms with Crippen molar-refractivity contribution in [3.05, 3.63) is 53.2 Å². The highest BCUT2D eigenvalue weighted by molar-refractivity contribution is 5.92. The molecule has 2 aromatic rings. The van der Waals surface area contributed by atoms with Crippen LogP contribution in [0.4, 0.5) is 0 Å². The molecule has 1 aliphatic heterocycles. The largest absolute Gasteiger partial charge is 0.436 e. The standard InChI is InChI=1S/C17H21N3O2/c1-11-16(22-12(2)19-11)17(21)20-9-14(8-18)15(10-20)13-6-4-3-5-7-13/h3-7,14-15H,8-10,18H2,1-2H3/t14-,15+/m1/s1. The lowest BCUT2D eigenvalue weighted by atomic mass is 9.89. The SMILES string of the molecule is Cc1nc(C)c(C(=O)N2C[C@@H](CN)[C@H](c3ccccc3)C2)o1. The number of nitrogens with two attached hydrogens (primary N) is 1. The van der Waals surface area contributed by atoms with Gasteiger partial charge in [-0.3, -0.25) is 4.79 Å². The quantitative estimate of drug-likeness (QED) is 0.942. The van der Waals surface area contributed by atoms with Gasteiger partial charge in [-0.1, -0.05) is 30.3 Å². The maximum absolute atomic E-state index is 12.7. The lowest BCUT2D eigenvalue weighted by Crippen LogP contribution is -2.30. The predicted octanol–water partition coefficient (Wildman–Crippen LogP) is 2.11. The summed E-state index contributed by atoms with van der Waals surface area (Å²) in [6.07, 6.45) is 0. The van der Waals surface area contributed by atoms with Gasteiger partial charge in [-0.2, -0.15) is 0 Å². The molecule has 3 rings (SSSR count). The summed E-state index contributed by atoms with van der Waals surface area (Å²) < 4.78 is 5.46. The second-order valence-corrected chi connectivity index (χ2v) is 5.87. The minimum Gasteiger partial charge on any atom is -0.436 e. The molecule has 1 saturated heterocycles. The Morgan fingerprint density at radius 3 is 2.64 bits per heavy atom. The molecule has 1 amide bonds. The number of likely N-dealkylation sites (tertiary alicyclic amines) is 1. The number of nitrogens with zero attached hydrogens (tertiary/aromatic N) is 2. The third kappa shape index (κ3) is 2.64. The van der Waals surface area contributed by atoms with Crippen molar-refractivity contribution in [2.24, 2.45) is 11.7 Å². The average Bonchev–Trinajstić information content (AvgIpc) is 3.10. The average molecular weight is 299 g/mol. The molecule has 116 valence electrons. The Morgan fingerprint density at radius 1 is 1.32 bits per heavy atom. The molecule has 0 aliphatic carbocycles. The fraction of sp³-hybridized carbons (Fsp3) is 0.412. The maximum Gasteiger partial charge on any atom is 0.291 e. The summed E-state index contributed by atoms with van der Waals surface area (Å²) in [5.74, 6) is 1.34. The number of aromatic nitrogens is 1. The molecule has 0 saturated carbocycles. The van der Waals surface area contributed by atoms with Crippen LogP contribution < -0.4 is 5.73 Å². The molecule has 1 aromatic heterocycles. The number of carbonyl (C=O) groups excluding carboxylic acids is 1.